The van der Waals surface area contributed by atoms with Crippen LogP contribution in [0.25, 0.3) is 0 Å². The third-order valence-corrected chi connectivity index (χ3v) is 3.92. The van der Waals surface area contributed by atoms with Crippen LogP contribution in [0, 0.1) is 0 Å². The van der Waals surface area contributed by atoms with Crippen molar-refractivity contribution in [1.29, 1.82) is 0 Å². The van der Waals surface area contributed by atoms with Crippen molar-refractivity contribution >= 4 is 21.4 Å². The summed E-state index contributed by atoms with van der Waals surface area (Å²) < 4.78 is 26.2. The van der Waals surface area contributed by atoms with E-state index in [2.05, 4.69) is 10.0 Å². The van der Waals surface area contributed by atoms with E-state index in [1.807, 2.05) is 38.1 Å². The number of hydrogen-bond donors (Lipinski definition) is 2. The number of hydrogen-bond acceptors (Lipinski definition) is 4. The molecule has 1 aromatic carbocycles. The van der Waals surface area contributed by atoms with Crippen molar-refractivity contribution in [2.24, 2.45) is 0 Å². The van der Waals surface area contributed by atoms with Gasteiger partial charge in [0.05, 0.1) is 5.75 Å². The van der Waals surface area contributed by atoms with Crippen LogP contribution in [0.3, 0.4) is 0 Å². The molecule has 0 saturated heterocycles. The number of rotatable bonds is 8. The molecule has 0 atom stereocenters. The number of nitrogens with zero attached hydrogens (tertiary/aromatic N) is 1. The van der Waals surface area contributed by atoms with Crippen LogP contribution in [0.5, 0.6) is 0 Å². The Labute approximate surface area is 116 Å². The zero-order valence-corrected chi connectivity index (χ0v) is 12.6. The summed E-state index contributed by atoms with van der Waals surface area (Å²) in [7, 11) is 0.612. The van der Waals surface area contributed by atoms with Gasteiger partial charge in [0.25, 0.3) is 0 Å². The van der Waals surface area contributed by atoms with Gasteiger partial charge in [-0.15, -0.1) is 0 Å². The van der Waals surface area contributed by atoms with Crippen LogP contribution in [0.15, 0.2) is 24.3 Å². The summed E-state index contributed by atoms with van der Waals surface area (Å²) in [6, 6.07) is 7.30. The molecule has 5 nitrogen and oxygen atoms in total. The highest BCUT2D eigenvalue weighted by atomic mass is 32.2. The van der Waals surface area contributed by atoms with E-state index < -0.39 is 10.0 Å². The Kier molecular flexibility index (Phi) is 6.11. The van der Waals surface area contributed by atoms with Gasteiger partial charge < -0.3 is 10.2 Å². The van der Waals surface area contributed by atoms with E-state index in [-0.39, 0.29) is 5.75 Å². The minimum atomic E-state index is -3.27. The third kappa shape index (κ3) is 5.94. The van der Waals surface area contributed by atoms with E-state index in [1.54, 1.807) is 12.1 Å². The maximum atomic E-state index is 11.8. The molecular weight excluding hydrogens is 262 g/mol. The van der Waals surface area contributed by atoms with Crippen molar-refractivity contribution in [3.8, 4) is 0 Å². The van der Waals surface area contributed by atoms with Gasteiger partial charge >= 0.3 is 0 Å². The molecule has 0 aromatic heterocycles. The Morgan fingerprint density at radius 2 is 1.74 bits per heavy atom. The first kappa shape index (κ1) is 15.8. The molecule has 108 valence electrons. The molecule has 1 rings (SSSR count). The monoisotopic (exact) mass is 285 g/mol. The molecule has 0 radical (unpaired) electrons. The van der Waals surface area contributed by atoms with Gasteiger partial charge in [0.2, 0.25) is 10.0 Å². The van der Waals surface area contributed by atoms with Crippen molar-refractivity contribution in [1.82, 2.24) is 5.32 Å². The van der Waals surface area contributed by atoms with Gasteiger partial charge in [0.15, 0.2) is 0 Å². The zero-order valence-electron chi connectivity index (χ0n) is 11.8. The highest BCUT2D eigenvalue weighted by Gasteiger charge is 2.09. The molecule has 0 bridgehead atoms. The molecule has 0 aliphatic rings. The molecule has 0 aliphatic carbocycles. The van der Waals surface area contributed by atoms with Gasteiger partial charge in [-0.05, 0) is 37.2 Å². The van der Waals surface area contributed by atoms with Gasteiger partial charge in [-0.1, -0.05) is 6.92 Å². The average molecular weight is 285 g/mol. The predicted molar refractivity (Wildman–Crippen MR) is 81.3 cm³/mol. The summed E-state index contributed by atoms with van der Waals surface area (Å²) >= 11 is 0. The van der Waals surface area contributed by atoms with Gasteiger partial charge in [-0.25, -0.2) is 8.42 Å². The molecule has 0 heterocycles. The molecule has 19 heavy (non-hydrogen) atoms. The number of nitrogens with one attached hydrogen (secondary N) is 2. The average Bonchev–Trinajstić information content (AvgIpc) is 2.35. The summed E-state index contributed by atoms with van der Waals surface area (Å²) in [4.78, 5) is 1.97. The highest BCUT2D eigenvalue weighted by molar-refractivity contribution is 7.92. The van der Waals surface area contributed by atoms with Crippen LogP contribution in [0.1, 0.15) is 13.3 Å². The number of anilines is 2. The fourth-order valence-corrected chi connectivity index (χ4v) is 2.58. The quantitative estimate of drug-likeness (QED) is 0.711. The second-order valence-electron chi connectivity index (χ2n) is 4.61. The van der Waals surface area contributed by atoms with E-state index in [0.717, 1.165) is 18.7 Å². The summed E-state index contributed by atoms with van der Waals surface area (Å²) in [5.41, 5.74) is 1.63. The lowest BCUT2D eigenvalue weighted by Gasteiger charge is -2.13. The van der Waals surface area contributed by atoms with Gasteiger partial charge in [-0.2, -0.15) is 0 Å². The third-order valence-electron chi connectivity index (χ3n) is 2.63. The lowest BCUT2D eigenvalue weighted by atomic mass is 10.3. The summed E-state index contributed by atoms with van der Waals surface area (Å²) in [6.07, 6.45) is 0.999. The standard InChI is InChI=1S/C13H23N3O2S/c1-4-9-14-10-11-19(17,18)15-12-5-7-13(8-6-12)16(2)3/h5-8,14-15H,4,9-11H2,1-3H3. The second kappa shape index (κ2) is 7.35. The Bertz CT molecular complexity index is 469. The van der Waals surface area contributed by atoms with Crippen molar-refractivity contribution in [2.45, 2.75) is 13.3 Å². The van der Waals surface area contributed by atoms with Gasteiger partial charge in [-0.3, -0.25) is 4.72 Å². The van der Waals surface area contributed by atoms with Crippen molar-refractivity contribution in [3.63, 3.8) is 0 Å². The summed E-state index contributed by atoms with van der Waals surface area (Å²) in [6.45, 7) is 3.36. The minimum Gasteiger partial charge on any atom is -0.378 e. The smallest absolute Gasteiger partial charge is 0.233 e. The molecule has 0 unspecified atom stereocenters. The molecule has 0 spiro atoms. The highest BCUT2D eigenvalue weighted by Crippen LogP contribution is 2.16. The topological polar surface area (TPSA) is 61.4 Å². The summed E-state index contributed by atoms with van der Waals surface area (Å²) in [5.74, 6) is 0.0857. The summed E-state index contributed by atoms with van der Waals surface area (Å²) in [5, 5.41) is 3.08. The van der Waals surface area contributed by atoms with Crippen molar-refractivity contribution in [3.05, 3.63) is 24.3 Å². The first-order chi connectivity index (χ1) is 8.94. The molecule has 6 heteroatoms. The number of sulfonamides is 1. The van der Waals surface area contributed by atoms with Crippen molar-refractivity contribution in [2.75, 3.05) is 42.6 Å². The van der Waals surface area contributed by atoms with Crippen LogP contribution in [0.2, 0.25) is 0 Å². The Balaban J connectivity index is 2.53. The zero-order chi connectivity index (χ0) is 14.3. The molecule has 1 aromatic rings. The fourth-order valence-electron chi connectivity index (χ4n) is 1.57. The maximum absolute atomic E-state index is 11.8. The predicted octanol–water partition coefficient (Wildman–Crippen LogP) is 1.49. The second-order valence-corrected chi connectivity index (χ2v) is 6.45. The first-order valence-corrected chi connectivity index (χ1v) is 8.08. The largest absolute Gasteiger partial charge is 0.378 e. The molecular formula is C13H23N3O2S. The van der Waals surface area contributed by atoms with E-state index >= 15 is 0 Å². The van der Waals surface area contributed by atoms with Crippen LogP contribution in [-0.4, -0.2) is 41.4 Å². The number of benzene rings is 1. The molecule has 2 N–H and O–H groups in total. The first-order valence-electron chi connectivity index (χ1n) is 6.43. The van der Waals surface area contributed by atoms with Crippen LogP contribution >= 0.6 is 0 Å². The lowest BCUT2D eigenvalue weighted by Crippen LogP contribution is -2.27. The Morgan fingerprint density at radius 3 is 2.26 bits per heavy atom. The minimum absolute atomic E-state index is 0.0857. The Morgan fingerprint density at radius 1 is 1.11 bits per heavy atom. The maximum Gasteiger partial charge on any atom is 0.233 e. The normalized spacial score (nSPS) is 11.3. The van der Waals surface area contributed by atoms with E-state index in [0.29, 0.717) is 12.2 Å². The van der Waals surface area contributed by atoms with E-state index in [9.17, 15) is 8.42 Å². The SMILES string of the molecule is CCCNCCS(=O)(=O)Nc1ccc(N(C)C)cc1. The van der Waals surface area contributed by atoms with Crippen LogP contribution < -0.4 is 14.9 Å². The van der Waals surface area contributed by atoms with E-state index in [4.69, 9.17) is 0 Å². The van der Waals surface area contributed by atoms with Crippen LogP contribution in [-0.2, 0) is 10.0 Å². The van der Waals surface area contributed by atoms with Crippen LogP contribution in [0.4, 0.5) is 11.4 Å². The Hall–Kier alpha value is -1.27. The fraction of sp³-hybridized carbons (Fsp3) is 0.538. The lowest BCUT2D eigenvalue weighted by molar-refractivity contribution is 0.595. The van der Waals surface area contributed by atoms with Gasteiger partial charge in [0.1, 0.15) is 0 Å². The molecule has 0 aliphatic heterocycles. The van der Waals surface area contributed by atoms with E-state index in [1.165, 1.54) is 0 Å². The van der Waals surface area contributed by atoms with Gasteiger partial charge in [0, 0.05) is 32.0 Å². The van der Waals surface area contributed by atoms with Crippen molar-refractivity contribution < 1.29 is 8.42 Å². The molecule has 0 fully saturated rings. The molecule has 0 saturated carbocycles. The molecule has 0 amide bonds.